The van der Waals surface area contributed by atoms with Crippen molar-refractivity contribution in [3.05, 3.63) is 59.7 Å². The van der Waals surface area contributed by atoms with Gasteiger partial charge in [-0.1, -0.05) is 36.8 Å². The van der Waals surface area contributed by atoms with Gasteiger partial charge in [-0.3, -0.25) is 9.59 Å². The molecule has 2 aromatic rings. The van der Waals surface area contributed by atoms with E-state index in [1.807, 2.05) is 31.2 Å². The first-order valence-corrected chi connectivity index (χ1v) is 8.50. The van der Waals surface area contributed by atoms with Crippen LogP contribution in [0.15, 0.2) is 48.5 Å². The molecular weight excluding hydrogens is 375 g/mol. The van der Waals surface area contributed by atoms with Crippen LogP contribution in [0.4, 0.5) is 18.9 Å². The van der Waals surface area contributed by atoms with Gasteiger partial charge in [0.05, 0.1) is 5.92 Å². The van der Waals surface area contributed by atoms with Crippen molar-refractivity contribution >= 4 is 17.6 Å². The molecule has 0 aliphatic heterocycles. The first kappa shape index (κ1) is 21.3. The fraction of sp³-hybridized carbons (Fsp3) is 0.300. The summed E-state index contributed by atoms with van der Waals surface area (Å²) in [6.45, 7) is 3.42. The molecular formula is C20H20F3NO4. The molecule has 2 N–H and O–H groups in total. The number of anilines is 1. The Hall–Kier alpha value is -3.03. The number of carboxylic acids is 1. The van der Waals surface area contributed by atoms with Crippen LogP contribution in [0.1, 0.15) is 18.1 Å². The van der Waals surface area contributed by atoms with Crippen molar-refractivity contribution in [3.63, 3.8) is 0 Å². The number of aliphatic carboxylic acids is 1. The second-order valence-electron chi connectivity index (χ2n) is 6.48. The molecule has 5 nitrogen and oxygen atoms in total. The van der Waals surface area contributed by atoms with E-state index in [1.165, 1.54) is 19.1 Å². The molecule has 0 aliphatic rings. The molecule has 28 heavy (non-hydrogen) atoms. The molecule has 0 aliphatic carbocycles. The highest BCUT2D eigenvalue weighted by molar-refractivity contribution is 5.94. The van der Waals surface area contributed by atoms with Crippen molar-refractivity contribution < 1.29 is 32.6 Å². The lowest BCUT2D eigenvalue weighted by molar-refractivity contribution is -0.274. The van der Waals surface area contributed by atoms with E-state index in [4.69, 9.17) is 0 Å². The van der Waals surface area contributed by atoms with Crippen molar-refractivity contribution in [2.45, 2.75) is 26.6 Å². The summed E-state index contributed by atoms with van der Waals surface area (Å²) in [4.78, 5) is 24.1. The zero-order valence-corrected chi connectivity index (χ0v) is 15.3. The van der Waals surface area contributed by atoms with Crippen LogP contribution in [0.5, 0.6) is 5.75 Å². The van der Waals surface area contributed by atoms with Crippen molar-refractivity contribution in [2.75, 3.05) is 5.32 Å². The van der Waals surface area contributed by atoms with Crippen LogP contribution in [-0.4, -0.2) is 23.3 Å². The summed E-state index contributed by atoms with van der Waals surface area (Å²) in [5, 5.41) is 12.0. The van der Waals surface area contributed by atoms with Crippen molar-refractivity contribution in [2.24, 2.45) is 11.8 Å². The number of carboxylic acid groups (broad SMARTS) is 1. The molecule has 0 heterocycles. The maximum atomic E-state index is 12.4. The SMILES string of the molecule is Cc1ccc(CC(C(=O)O)C(C)C(=O)Nc2ccc(OC(F)(F)F)cc2)cc1. The van der Waals surface area contributed by atoms with Gasteiger partial charge in [-0.05, 0) is 43.2 Å². The normalized spacial score (nSPS) is 13.5. The number of benzene rings is 2. The monoisotopic (exact) mass is 395 g/mol. The minimum absolute atomic E-state index is 0.183. The van der Waals surface area contributed by atoms with Crippen LogP contribution < -0.4 is 10.1 Å². The number of carbonyl (C=O) groups excluding carboxylic acids is 1. The third-order valence-corrected chi connectivity index (χ3v) is 4.27. The van der Waals surface area contributed by atoms with Crippen LogP contribution >= 0.6 is 0 Å². The van der Waals surface area contributed by atoms with Gasteiger partial charge in [-0.2, -0.15) is 0 Å². The summed E-state index contributed by atoms with van der Waals surface area (Å²) in [7, 11) is 0. The first-order valence-electron chi connectivity index (χ1n) is 8.50. The van der Waals surface area contributed by atoms with Crippen LogP contribution in [0.25, 0.3) is 0 Å². The number of nitrogens with one attached hydrogen (secondary N) is 1. The van der Waals surface area contributed by atoms with Gasteiger partial charge >= 0.3 is 12.3 Å². The number of halogens is 3. The molecule has 8 heteroatoms. The maximum Gasteiger partial charge on any atom is 0.573 e. The lowest BCUT2D eigenvalue weighted by Crippen LogP contribution is -2.33. The highest BCUT2D eigenvalue weighted by atomic mass is 19.4. The predicted octanol–water partition coefficient (Wildman–Crippen LogP) is 4.41. The standard InChI is InChI=1S/C20H20F3NO4/c1-12-3-5-14(6-4-12)11-17(19(26)27)13(2)18(25)24-15-7-9-16(10-8-15)28-20(21,22)23/h3-10,13,17H,11H2,1-2H3,(H,24,25)(H,26,27). The maximum absolute atomic E-state index is 12.4. The van der Waals surface area contributed by atoms with Gasteiger partial charge in [-0.15, -0.1) is 13.2 Å². The number of hydrogen-bond donors (Lipinski definition) is 2. The lowest BCUT2D eigenvalue weighted by Gasteiger charge is -2.20. The second-order valence-corrected chi connectivity index (χ2v) is 6.48. The van der Waals surface area contributed by atoms with E-state index in [0.29, 0.717) is 0 Å². The number of amides is 1. The highest BCUT2D eigenvalue weighted by Gasteiger charge is 2.32. The Morgan fingerprint density at radius 3 is 2.14 bits per heavy atom. The molecule has 0 saturated heterocycles. The Kier molecular flexibility index (Phi) is 6.66. The van der Waals surface area contributed by atoms with Gasteiger partial charge in [0, 0.05) is 11.6 Å². The first-order chi connectivity index (χ1) is 13.0. The minimum atomic E-state index is -4.80. The van der Waals surface area contributed by atoms with E-state index >= 15 is 0 Å². The van der Waals surface area contributed by atoms with Gasteiger partial charge < -0.3 is 15.2 Å². The fourth-order valence-electron chi connectivity index (χ4n) is 2.63. The average molecular weight is 395 g/mol. The molecule has 0 saturated carbocycles. The number of rotatable bonds is 7. The Bertz CT molecular complexity index is 817. The predicted molar refractivity (Wildman–Crippen MR) is 96.9 cm³/mol. The number of alkyl halides is 3. The quantitative estimate of drug-likeness (QED) is 0.728. The molecule has 2 aromatic carbocycles. The third kappa shape index (κ3) is 6.29. The largest absolute Gasteiger partial charge is 0.573 e. The molecule has 1 amide bonds. The second kappa shape index (κ2) is 8.77. The zero-order chi connectivity index (χ0) is 20.9. The van der Waals surface area contributed by atoms with Crippen LogP contribution in [-0.2, 0) is 16.0 Å². The van der Waals surface area contributed by atoms with Gasteiger partial charge in [0.2, 0.25) is 5.91 Å². The van der Waals surface area contributed by atoms with E-state index in [-0.39, 0.29) is 12.1 Å². The van der Waals surface area contributed by atoms with E-state index in [1.54, 1.807) is 0 Å². The van der Waals surface area contributed by atoms with Crippen molar-refractivity contribution in [1.29, 1.82) is 0 Å². The summed E-state index contributed by atoms with van der Waals surface area (Å²) in [5.74, 6) is -3.86. The Morgan fingerprint density at radius 2 is 1.64 bits per heavy atom. The van der Waals surface area contributed by atoms with Crippen LogP contribution in [0, 0.1) is 18.8 Å². The molecule has 0 fully saturated rings. The summed E-state index contributed by atoms with van der Waals surface area (Å²) in [6.07, 6.45) is -4.62. The molecule has 0 spiro atoms. The van der Waals surface area contributed by atoms with Crippen LogP contribution in [0.2, 0.25) is 0 Å². The van der Waals surface area contributed by atoms with Crippen molar-refractivity contribution in [3.8, 4) is 5.75 Å². The Labute approximate surface area is 160 Å². The molecule has 2 unspecified atom stereocenters. The van der Waals surface area contributed by atoms with E-state index < -0.39 is 35.8 Å². The Balaban J connectivity index is 2.04. The summed E-state index contributed by atoms with van der Waals surface area (Å²) in [6, 6.07) is 12.0. The zero-order valence-electron chi connectivity index (χ0n) is 15.3. The molecule has 0 aromatic heterocycles. The van der Waals surface area contributed by atoms with Gasteiger partial charge in [0.15, 0.2) is 0 Å². The summed E-state index contributed by atoms with van der Waals surface area (Å²) < 4.78 is 40.3. The number of hydrogen-bond acceptors (Lipinski definition) is 3. The van der Waals surface area contributed by atoms with Crippen molar-refractivity contribution in [1.82, 2.24) is 0 Å². The topological polar surface area (TPSA) is 75.6 Å². The molecule has 0 bridgehead atoms. The summed E-state index contributed by atoms with van der Waals surface area (Å²) >= 11 is 0. The number of aryl methyl sites for hydroxylation is 1. The molecule has 2 atom stereocenters. The lowest BCUT2D eigenvalue weighted by atomic mass is 9.87. The van der Waals surface area contributed by atoms with Gasteiger partial charge in [0.1, 0.15) is 5.75 Å². The minimum Gasteiger partial charge on any atom is -0.481 e. The molecule has 2 rings (SSSR count). The fourth-order valence-corrected chi connectivity index (χ4v) is 2.63. The third-order valence-electron chi connectivity index (χ3n) is 4.27. The smallest absolute Gasteiger partial charge is 0.481 e. The van der Waals surface area contributed by atoms with E-state index in [0.717, 1.165) is 23.3 Å². The molecule has 0 radical (unpaired) electrons. The Morgan fingerprint density at radius 1 is 1.07 bits per heavy atom. The number of carbonyl (C=O) groups is 2. The van der Waals surface area contributed by atoms with Gasteiger partial charge in [0.25, 0.3) is 0 Å². The average Bonchev–Trinajstić information content (AvgIpc) is 2.60. The van der Waals surface area contributed by atoms with Crippen LogP contribution in [0.3, 0.4) is 0 Å². The van der Waals surface area contributed by atoms with E-state index in [9.17, 15) is 27.9 Å². The van der Waals surface area contributed by atoms with E-state index in [2.05, 4.69) is 10.1 Å². The van der Waals surface area contributed by atoms with Gasteiger partial charge in [-0.25, -0.2) is 0 Å². The molecule has 150 valence electrons. The number of ether oxygens (including phenoxy) is 1. The highest BCUT2D eigenvalue weighted by Crippen LogP contribution is 2.25. The summed E-state index contributed by atoms with van der Waals surface area (Å²) in [5.41, 5.74) is 2.08.